The lowest BCUT2D eigenvalue weighted by molar-refractivity contribution is 0.239. The Morgan fingerprint density at radius 1 is 1.12 bits per heavy atom. The van der Waals surface area contributed by atoms with E-state index in [9.17, 15) is 0 Å². The average Bonchev–Trinajstić information content (AvgIpc) is 2.63. The Kier molecular flexibility index (Phi) is 8.09. The third-order valence-electron chi connectivity index (χ3n) is 4.00. The Hall–Kier alpha value is -2.24. The molecule has 0 aromatic carbocycles. The van der Waals surface area contributed by atoms with Crippen molar-refractivity contribution < 1.29 is 4.74 Å². The molecule has 134 valence electrons. The molecular formula is C20H28N4O. The molecule has 0 unspecified atom stereocenters. The molecule has 0 amide bonds. The zero-order valence-corrected chi connectivity index (χ0v) is 15.0. The fourth-order valence-electron chi connectivity index (χ4n) is 2.62. The third-order valence-corrected chi connectivity index (χ3v) is 4.00. The summed E-state index contributed by atoms with van der Waals surface area (Å²) in [7, 11) is 0. The highest BCUT2D eigenvalue weighted by molar-refractivity contribution is 5.27. The highest BCUT2D eigenvalue weighted by Crippen LogP contribution is 2.19. The Balaban J connectivity index is 2.12. The van der Waals surface area contributed by atoms with Gasteiger partial charge in [-0.25, -0.2) is 0 Å². The lowest BCUT2D eigenvalue weighted by Gasteiger charge is -2.23. The normalized spacial score (nSPS) is 10.8. The zero-order chi connectivity index (χ0) is 17.9. The molecule has 0 saturated carbocycles. The van der Waals surface area contributed by atoms with Crippen LogP contribution in [0.2, 0.25) is 0 Å². The molecule has 0 fully saturated rings. The number of rotatable bonds is 11. The van der Waals surface area contributed by atoms with E-state index in [0.717, 1.165) is 43.1 Å². The summed E-state index contributed by atoms with van der Waals surface area (Å²) < 4.78 is 5.74. The zero-order valence-electron chi connectivity index (χ0n) is 15.0. The second kappa shape index (κ2) is 10.6. The molecule has 0 radical (unpaired) electrons. The minimum atomic E-state index is 0.477. The van der Waals surface area contributed by atoms with E-state index in [1.54, 1.807) is 12.3 Å². The standard InChI is InChI=1S/C20H28N4O/c1-3-14-25-20-9-7-12-23-19(20)16-24(13-5-4-10-21)15-18-17(2)8-6-11-22-18/h3,6-9,11-12H,1,4-5,10,13-16,21H2,2H3. The molecule has 0 bridgehead atoms. The predicted molar refractivity (Wildman–Crippen MR) is 101 cm³/mol. The van der Waals surface area contributed by atoms with E-state index in [4.69, 9.17) is 10.5 Å². The van der Waals surface area contributed by atoms with Crippen LogP contribution in [0.3, 0.4) is 0 Å². The van der Waals surface area contributed by atoms with E-state index in [1.165, 1.54) is 5.56 Å². The fourth-order valence-corrected chi connectivity index (χ4v) is 2.62. The smallest absolute Gasteiger partial charge is 0.142 e. The Bertz CT molecular complexity index is 660. The second-order valence-electron chi connectivity index (χ2n) is 6.02. The SMILES string of the molecule is C=CCOc1cccnc1CN(CCCCN)Cc1ncccc1C. The summed E-state index contributed by atoms with van der Waals surface area (Å²) >= 11 is 0. The molecule has 5 heteroatoms. The first-order chi connectivity index (χ1) is 12.2. The van der Waals surface area contributed by atoms with Crippen LogP contribution in [-0.2, 0) is 13.1 Å². The van der Waals surface area contributed by atoms with E-state index in [0.29, 0.717) is 19.7 Å². The molecule has 0 aliphatic rings. The first-order valence-electron chi connectivity index (χ1n) is 8.75. The largest absolute Gasteiger partial charge is 0.488 e. The van der Waals surface area contributed by atoms with Crippen molar-refractivity contribution in [3.05, 3.63) is 66.3 Å². The molecule has 0 aliphatic carbocycles. The summed E-state index contributed by atoms with van der Waals surface area (Å²) in [6.45, 7) is 9.45. The minimum absolute atomic E-state index is 0.477. The first-order valence-corrected chi connectivity index (χ1v) is 8.75. The van der Waals surface area contributed by atoms with Crippen molar-refractivity contribution in [2.75, 3.05) is 19.7 Å². The van der Waals surface area contributed by atoms with Gasteiger partial charge < -0.3 is 10.5 Å². The van der Waals surface area contributed by atoms with E-state index in [2.05, 4.69) is 34.4 Å². The van der Waals surface area contributed by atoms with Gasteiger partial charge in [-0.05, 0) is 56.6 Å². The molecule has 25 heavy (non-hydrogen) atoms. The van der Waals surface area contributed by atoms with Gasteiger partial charge in [0.15, 0.2) is 0 Å². The van der Waals surface area contributed by atoms with Gasteiger partial charge >= 0.3 is 0 Å². The van der Waals surface area contributed by atoms with Gasteiger partial charge in [0, 0.05) is 25.5 Å². The lowest BCUT2D eigenvalue weighted by Crippen LogP contribution is -2.26. The third kappa shape index (κ3) is 6.29. The molecule has 0 saturated heterocycles. The van der Waals surface area contributed by atoms with E-state index in [1.807, 2.05) is 24.4 Å². The van der Waals surface area contributed by atoms with Gasteiger partial charge in [0.05, 0.1) is 11.4 Å². The molecule has 5 nitrogen and oxygen atoms in total. The maximum atomic E-state index is 5.74. The molecule has 2 aromatic rings. The second-order valence-corrected chi connectivity index (χ2v) is 6.02. The monoisotopic (exact) mass is 340 g/mol. The van der Waals surface area contributed by atoms with E-state index in [-0.39, 0.29) is 0 Å². The maximum Gasteiger partial charge on any atom is 0.142 e. The van der Waals surface area contributed by atoms with Crippen LogP contribution in [0.15, 0.2) is 49.3 Å². The Labute approximate surface area is 150 Å². The lowest BCUT2D eigenvalue weighted by atomic mass is 10.2. The molecule has 2 N–H and O–H groups in total. The van der Waals surface area contributed by atoms with Gasteiger partial charge in [-0.15, -0.1) is 0 Å². The van der Waals surface area contributed by atoms with Crippen molar-refractivity contribution in [2.45, 2.75) is 32.9 Å². The quantitative estimate of drug-likeness (QED) is 0.503. The molecule has 0 atom stereocenters. The molecule has 2 aromatic heterocycles. The predicted octanol–water partition coefficient (Wildman–Crippen LogP) is 3.09. The van der Waals surface area contributed by atoms with Crippen LogP contribution in [0, 0.1) is 6.92 Å². The maximum absolute atomic E-state index is 5.74. The summed E-state index contributed by atoms with van der Waals surface area (Å²) in [5.74, 6) is 0.809. The summed E-state index contributed by atoms with van der Waals surface area (Å²) in [5, 5.41) is 0. The highest BCUT2D eigenvalue weighted by Gasteiger charge is 2.13. The van der Waals surface area contributed by atoms with Crippen molar-refractivity contribution in [1.29, 1.82) is 0 Å². The number of nitrogens with zero attached hydrogens (tertiary/aromatic N) is 3. The summed E-state index contributed by atoms with van der Waals surface area (Å²) in [4.78, 5) is 11.4. The van der Waals surface area contributed by atoms with Crippen LogP contribution in [0.4, 0.5) is 0 Å². The average molecular weight is 340 g/mol. The number of unbranched alkanes of at least 4 members (excludes halogenated alkanes) is 1. The van der Waals surface area contributed by atoms with Gasteiger partial charge in [0.1, 0.15) is 12.4 Å². The van der Waals surface area contributed by atoms with Crippen LogP contribution in [0.1, 0.15) is 29.8 Å². The van der Waals surface area contributed by atoms with Gasteiger partial charge in [-0.3, -0.25) is 14.9 Å². The number of ether oxygens (including phenoxy) is 1. The number of pyridine rings is 2. The van der Waals surface area contributed by atoms with Crippen molar-refractivity contribution in [3.8, 4) is 5.75 Å². The number of aryl methyl sites for hydroxylation is 1. The summed E-state index contributed by atoms with van der Waals surface area (Å²) in [6.07, 6.45) is 7.46. The van der Waals surface area contributed by atoms with Crippen molar-refractivity contribution in [1.82, 2.24) is 14.9 Å². The molecule has 0 spiro atoms. The van der Waals surface area contributed by atoms with Gasteiger partial charge in [-0.2, -0.15) is 0 Å². The highest BCUT2D eigenvalue weighted by atomic mass is 16.5. The topological polar surface area (TPSA) is 64.3 Å². The van der Waals surface area contributed by atoms with Gasteiger partial charge in [0.25, 0.3) is 0 Å². The fraction of sp³-hybridized carbons (Fsp3) is 0.400. The van der Waals surface area contributed by atoms with E-state index >= 15 is 0 Å². The van der Waals surface area contributed by atoms with Crippen LogP contribution in [0.25, 0.3) is 0 Å². The van der Waals surface area contributed by atoms with Crippen LogP contribution >= 0.6 is 0 Å². The summed E-state index contributed by atoms with van der Waals surface area (Å²) in [5.41, 5.74) is 8.89. The molecule has 2 rings (SSSR count). The van der Waals surface area contributed by atoms with Crippen molar-refractivity contribution >= 4 is 0 Å². The Morgan fingerprint density at radius 2 is 1.84 bits per heavy atom. The van der Waals surface area contributed by atoms with E-state index < -0.39 is 0 Å². The number of hydrogen-bond donors (Lipinski definition) is 1. The number of aromatic nitrogens is 2. The number of hydrogen-bond acceptors (Lipinski definition) is 5. The van der Waals surface area contributed by atoms with Crippen molar-refractivity contribution in [3.63, 3.8) is 0 Å². The van der Waals surface area contributed by atoms with Gasteiger partial charge in [-0.1, -0.05) is 18.7 Å². The number of nitrogens with two attached hydrogens (primary N) is 1. The molecular weight excluding hydrogens is 312 g/mol. The van der Waals surface area contributed by atoms with Gasteiger partial charge in [0.2, 0.25) is 0 Å². The van der Waals surface area contributed by atoms with Crippen molar-refractivity contribution in [2.24, 2.45) is 5.73 Å². The van der Waals surface area contributed by atoms with Crippen LogP contribution in [0.5, 0.6) is 5.75 Å². The Morgan fingerprint density at radius 3 is 2.56 bits per heavy atom. The van der Waals surface area contributed by atoms with Crippen LogP contribution < -0.4 is 10.5 Å². The minimum Gasteiger partial charge on any atom is -0.488 e. The summed E-state index contributed by atoms with van der Waals surface area (Å²) in [6, 6.07) is 7.91. The van der Waals surface area contributed by atoms with Crippen LogP contribution in [-0.4, -0.2) is 34.6 Å². The molecule has 2 heterocycles. The first kappa shape index (κ1) is 19.1. The molecule has 0 aliphatic heterocycles.